The van der Waals surface area contributed by atoms with Gasteiger partial charge >= 0.3 is 0 Å². The van der Waals surface area contributed by atoms with E-state index in [1.807, 2.05) is 29.6 Å². The van der Waals surface area contributed by atoms with Crippen LogP contribution < -0.4 is 5.32 Å². The van der Waals surface area contributed by atoms with E-state index < -0.39 is 0 Å². The predicted molar refractivity (Wildman–Crippen MR) is 81.1 cm³/mol. The molecule has 0 saturated carbocycles. The molecule has 0 unspecified atom stereocenters. The Morgan fingerprint density at radius 2 is 1.85 bits per heavy atom. The Labute approximate surface area is 122 Å². The van der Waals surface area contributed by atoms with Crippen molar-refractivity contribution >= 4 is 28.8 Å². The number of hydrogen-bond acceptors (Lipinski definition) is 3. The Kier molecular flexibility index (Phi) is 4.53. The minimum absolute atomic E-state index is 0.0556. The summed E-state index contributed by atoms with van der Waals surface area (Å²) in [5.41, 5.74) is 2.31. The molecule has 0 fully saturated rings. The van der Waals surface area contributed by atoms with Crippen LogP contribution in [-0.4, -0.2) is 30.8 Å². The Morgan fingerprint density at radius 3 is 2.40 bits per heavy atom. The van der Waals surface area contributed by atoms with Crippen LogP contribution in [0.15, 0.2) is 41.1 Å². The van der Waals surface area contributed by atoms with Crippen molar-refractivity contribution in [1.82, 2.24) is 4.90 Å². The van der Waals surface area contributed by atoms with E-state index in [1.54, 1.807) is 30.4 Å². The van der Waals surface area contributed by atoms with Gasteiger partial charge in [-0.3, -0.25) is 9.59 Å². The zero-order valence-corrected chi connectivity index (χ0v) is 12.2. The molecular formula is C15H16N2O2S. The first-order valence-electron chi connectivity index (χ1n) is 6.19. The number of anilines is 1. The quantitative estimate of drug-likeness (QED) is 0.940. The molecule has 0 radical (unpaired) electrons. The number of thiophene rings is 1. The maximum atomic E-state index is 11.9. The predicted octanol–water partition coefficient (Wildman–Crippen LogP) is 2.63. The number of benzene rings is 1. The summed E-state index contributed by atoms with van der Waals surface area (Å²) in [5, 5.41) is 6.49. The van der Waals surface area contributed by atoms with Crippen molar-refractivity contribution in [2.24, 2.45) is 0 Å². The fourth-order valence-corrected chi connectivity index (χ4v) is 2.27. The summed E-state index contributed by atoms with van der Waals surface area (Å²) in [6.07, 6.45) is 0.367. The van der Waals surface area contributed by atoms with E-state index in [9.17, 15) is 9.59 Å². The zero-order valence-electron chi connectivity index (χ0n) is 11.4. The van der Waals surface area contributed by atoms with Gasteiger partial charge < -0.3 is 10.2 Å². The van der Waals surface area contributed by atoms with E-state index in [-0.39, 0.29) is 11.8 Å². The highest BCUT2D eigenvalue weighted by molar-refractivity contribution is 7.08. The molecule has 0 atom stereocenters. The van der Waals surface area contributed by atoms with Crippen molar-refractivity contribution in [3.8, 4) is 0 Å². The van der Waals surface area contributed by atoms with Gasteiger partial charge in [-0.15, -0.1) is 0 Å². The fraction of sp³-hybridized carbons (Fsp3) is 0.200. The van der Waals surface area contributed by atoms with E-state index in [2.05, 4.69) is 5.32 Å². The summed E-state index contributed by atoms with van der Waals surface area (Å²) >= 11 is 1.49. The van der Waals surface area contributed by atoms with Gasteiger partial charge in [0.05, 0.1) is 12.0 Å². The molecule has 0 spiro atoms. The molecule has 1 aromatic heterocycles. The first-order chi connectivity index (χ1) is 9.56. The molecule has 2 aromatic rings. The standard InChI is InChI=1S/C15H16N2O2S/c1-17(2)14(18)9-11-3-5-13(6-4-11)16-15(19)12-7-8-20-10-12/h3-8,10H,9H2,1-2H3,(H,16,19). The highest BCUT2D eigenvalue weighted by Gasteiger charge is 2.08. The number of rotatable bonds is 4. The average Bonchev–Trinajstić information content (AvgIpc) is 2.95. The average molecular weight is 288 g/mol. The zero-order chi connectivity index (χ0) is 14.5. The molecule has 20 heavy (non-hydrogen) atoms. The molecule has 2 amide bonds. The van der Waals surface area contributed by atoms with Gasteiger partial charge in [0.15, 0.2) is 0 Å². The Bertz CT molecular complexity index is 589. The van der Waals surface area contributed by atoms with Crippen molar-refractivity contribution in [3.05, 3.63) is 52.2 Å². The fourth-order valence-electron chi connectivity index (χ4n) is 1.64. The van der Waals surface area contributed by atoms with E-state index in [0.29, 0.717) is 12.0 Å². The summed E-state index contributed by atoms with van der Waals surface area (Å²) in [7, 11) is 3.47. The summed E-state index contributed by atoms with van der Waals surface area (Å²) in [6, 6.07) is 9.10. The van der Waals surface area contributed by atoms with Gasteiger partial charge in [-0.25, -0.2) is 0 Å². The lowest BCUT2D eigenvalue weighted by atomic mass is 10.1. The minimum Gasteiger partial charge on any atom is -0.349 e. The molecule has 4 nitrogen and oxygen atoms in total. The van der Waals surface area contributed by atoms with E-state index in [1.165, 1.54) is 11.3 Å². The number of likely N-dealkylation sites (N-methyl/N-ethyl adjacent to an activating group) is 1. The molecule has 0 aliphatic rings. The molecule has 0 aliphatic heterocycles. The van der Waals surface area contributed by atoms with Crippen LogP contribution in [0.3, 0.4) is 0 Å². The van der Waals surface area contributed by atoms with Crippen LogP contribution in [0, 0.1) is 0 Å². The largest absolute Gasteiger partial charge is 0.349 e. The lowest BCUT2D eigenvalue weighted by molar-refractivity contribution is -0.127. The number of carbonyl (C=O) groups excluding carboxylic acids is 2. The summed E-state index contributed by atoms with van der Waals surface area (Å²) < 4.78 is 0. The Morgan fingerprint density at radius 1 is 1.15 bits per heavy atom. The molecule has 0 bridgehead atoms. The third-order valence-electron chi connectivity index (χ3n) is 2.85. The third-order valence-corrected chi connectivity index (χ3v) is 3.53. The van der Waals surface area contributed by atoms with E-state index >= 15 is 0 Å². The molecule has 1 heterocycles. The van der Waals surface area contributed by atoms with Gasteiger partial charge in [0.2, 0.25) is 5.91 Å². The smallest absolute Gasteiger partial charge is 0.256 e. The van der Waals surface area contributed by atoms with Crippen molar-refractivity contribution in [3.63, 3.8) is 0 Å². The summed E-state index contributed by atoms with van der Waals surface area (Å²) in [4.78, 5) is 25.0. The van der Waals surface area contributed by atoms with Gasteiger partial charge in [-0.05, 0) is 29.1 Å². The highest BCUT2D eigenvalue weighted by Crippen LogP contribution is 2.13. The molecule has 5 heteroatoms. The van der Waals surface area contributed by atoms with Crippen LogP contribution in [0.25, 0.3) is 0 Å². The SMILES string of the molecule is CN(C)C(=O)Cc1ccc(NC(=O)c2ccsc2)cc1. The number of nitrogens with zero attached hydrogens (tertiary/aromatic N) is 1. The van der Waals surface area contributed by atoms with Crippen LogP contribution in [0.5, 0.6) is 0 Å². The number of amides is 2. The van der Waals surface area contributed by atoms with Crippen molar-refractivity contribution in [2.45, 2.75) is 6.42 Å². The van der Waals surface area contributed by atoms with Gasteiger partial charge in [-0.1, -0.05) is 12.1 Å². The third kappa shape index (κ3) is 3.68. The number of nitrogens with one attached hydrogen (secondary N) is 1. The van der Waals surface area contributed by atoms with Crippen LogP contribution in [0.1, 0.15) is 15.9 Å². The second kappa shape index (κ2) is 6.34. The lowest BCUT2D eigenvalue weighted by Crippen LogP contribution is -2.23. The van der Waals surface area contributed by atoms with Crippen molar-refractivity contribution in [1.29, 1.82) is 0 Å². The van der Waals surface area contributed by atoms with Gasteiger partial charge in [0.1, 0.15) is 0 Å². The second-order valence-electron chi connectivity index (χ2n) is 4.63. The molecular weight excluding hydrogens is 272 g/mol. The first kappa shape index (κ1) is 14.3. The summed E-state index contributed by atoms with van der Waals surface area (Å²) in [6.45, 7) is 0. The minimum atomic E-state index is -0.122. The summed E-state index contributed by atoms with van der Waals surface area (Å²) in [5.74, 6) is -0.0663. The molecule has 0 aliphatic carbocycles. The molecule has 104 valence electrons. The monoisotopic (exact) mass is 288 g/mol. The lowest BCUT2D eigenvalue weighted by Gasteiger charge is -2.10. The highest BCUT2D eigenvalue weighted by atomic mass is 32.1. The molecule has 1 N–H and O–H groups in total. The molecule has 1 aromatic carbocycles. The van der Waals surface area contributed by atoms with Crippen LogP contribution in [-0.2, 0) is 11.2 Å². The maximum absolute atomic E-state index is 11.9. The molecule has 0 saturated heterocycles. The van der Waals surface area contributed by atoms with Gasteiger partial charge in [-0.2, -0.15) is 11.3 Å². The molecule has 2 rings (SSSR count). The number of hydrogen-bond donors (Lipinski definition) is 1. The van der Waals surface area contributed by atoms with Gasteiger partial charge in [0, 0.05) is 25.2 Å². The van der Waals surface area contributed by atoms with E-state index in [4.69, 9.17) is 0 Å². The normalized spacial score (nSPS) is 10.1. The van der Waals surface area contributed by atoms with Gasteiger partial charge in [0.25, 0.3) is 5.91 Å². The second-order valence-corrected chi connectivity index (χ2v) is 5.41. The topological polar surface area (TPSA) is 49.4 Å². The number of carbonyl (C=O) groups is 2. The van der Waals surface area contributed by atoms with Crippen LogP contribution in [0.4, 0.5) is 5.69 Å². The maximum Gasteiger partial charge on any atom is 0.256 e. The van der Waals surface area contributed by atoms with Crippen LogP contribution in [0.2, 0.25) is 0 Å². The Hall–Kier alpha value is -2.14. The van der Waals surface area contributed by atoms with Crippen molar-refractivity contribution in [2.75, 3.05) is 19.4 Å². The van der Waals surface area contributed by atoms with E-state index in [0.717, 1.165) is 11.3 Å². The van der Waals surface area contributed by atoms with Crippen molar-refractivity contribution < 1.29 is 9.59 Å². The van der Waals surface area contributed by atoms with Crippen LogP contribution >= 0.6 is 11.3 Å². The Balaban J connectivity index is 1.98. The first-order valence-corrected chi connectivity index (χ1v) is 7.13.